The second-order valence-corrected chi connectivity index (χ2v) is 9.01. The summed E-state index contributed by atoms with van der Waals surface area (Å²) in [5.74, 6) is 0.693. The van der Waals surface area contributed by atoms with Crippen LogP contribution in [0.1, 0.15) is 30.7 Å². The lowest BCUT2D eigenvalue weighted by Gasteiger charge is -2.10. The number of rotatable bonds is 2. The largest absolute Gasteiger partial charge is 0.381 e. The molecule has 1 fully saturated rings. The van der Waals surface area contributed by atoms with E-state index in [-0.39, 0.29) is 0 Å². The second-order valence-electron chi connectivity index (χ2n) is 9.01. The molecule has 150 valence electrons. The fraction of sp³-hybridized carbons (Fsp3) is 0.172. The lowest BCUT2D eigenvalue weighted by molar-refractivity contribution is 0.690. The van der Waals surface area contributed by atoms with E-state index in [1.54, 1.807) is 0 Å². The van der Waals surface area contributed by atoms with Crippen molar-refractivity contribution in [2.24, 2.45) is 0 Å². The molecule has 2 nitrogen and oxygen atoms in total. The van der Waals surface area contributed by atoms with Gasteiger partial charge in [-0.3, -0.25) is 0 Å². The zero-order valence-electron chi connectivity index (χ0n) is 17.4. The summed E-state index contributed by atoms with van der Waals surface area (Å²) in [4.78, 5) is 0. The van der Waals surface area contributed by atoms with Gasteiger partial charge in [0.05, 0.1) is 11.0 Å². The normalized spacial score (nSPS) is 19.5. The van der Waals surface area contributed by atoms with E-state index in [0.29, 0.717) is 12.0 Å². The van der Waals surface area contributed by atoms with Crippen molar-refractivity contribution in [2.75, 3.05) is 5.32 Å². The van der Waals surface area contributed by atoms with Crippen molar-refractivity contribution in [2.45, 2.75) is 31.2 Å². The molecule has 0 spiro atoms. The molecule has 7 rings (SSSR count). The van der Waals surface area contributed by atoms with Gasteiger partial charge in [0.1, 0.15) is 0 Å². The number of para-hydroxylation sites is 2. The van der Waals surface area contributed by atoms with Gasteiger partial charge in [-0.25, -0.2) is 0 Å². The molecule has 0 amide bonds. The molecule has 5 aromatic rings. The van der Waals surface area contributed by atoms with Crippen molar-refractivity contribution < 1.29 is 0 Å². The zero-order chi connectivity index (χ0) is 20.4. The molecule has 0 bridgehead atoms. The Morgan fingerprint density at radius 3 is 2.39 bits per heavy atom. The van der Waals surface area contributed by atoms with Crippen LogP contribution in [0.15, 0.2) is 91.0 Å². The average Bonchev–Trinajstić information content (AvgIpc) is 3.50. The van der Waals surface area contributed by atoms with Gasteiger partial charge in [0.15, 0.2) is 0 Å². The number of nitrogens with one attached hydrogen (secondary N) is 1. The maximum atomic E-state index is 3.75. The Morgan fingerprint density at radius 1 is 0.677 bits per heavy atom. The Morgan fingerprint density at radius 2 is 1.45 bits per heavy atom. The molecule has 1 saturated carbocycles. The molecule has 1 N–H and O–H groups in total. The van der Waals surface area contributed by atoms with Crippen molar-refractivity contribution in [1.82, 2.24) is 4.57 Å². The summed E-state index contributed by atoms with van der Waals surface area (Å²) in [6, 6.07) is 34.0. The monoisotopic (exact) mass is 400 g/mol. The maximum absolute atomic E-state index is 3.75. The molecule has 1 aliphatic heterocycles. The number of aromatic nitrogens is 1. The summed E-state index contributed by atoms with van der Waals surface area (Å²) < 4.78 is 2.38. The first-order valence-electron chi connectivity index (χ1n) is 11.4. The van der Waals surface area contributed by atoms with Crippen LogP contribution in [0, 0.1) is 0 Å². The van der Waals surface area contributed by atoms with Crippen molar-refractivity contribution in [3.8, 4) is 16.8 Å². The van der Waals surface area contributed by atoms with Crippen molar-refractivity contribution in [3.05, 3.63) is 96.6 Å². The van der Waals surface area contributed by atoms with Gasteiger partial charge in [-0.1, -0.05) is 55.0 Å². The fourth-order valence-electron chi connectivity index (χ4n) is 5.89. The van der Waals surface area contributed by atoms with E-state index in [9.17, 15) is 0 Å². The van der Waals surface area contributed by atoms with Crippen LogP contribution in [0.4, 0.5) is 5.69 Å². The highest BCUT2D eigenvalue weighted by Crippen LogP contribution is 2.46. The minimum atomic E-state index is 0.650. The molecular weight excluding hydrogens is 376 g/mol. The Labute approximate surface area is 182 Å². The summed E-state index contributed by atoms with van der Waals surface area (Å²) in [6.07, 6.45) is 3.97. The van der Waals surface area contributed by atoms with E-state index in [0.717, 1.165) is 0 Å². The number of anilines is 1. The van der Waals surface area contributed by atoms with Gasteiger partial charge in [-0.15, -0.1) is 0 Å². The predicted molar refractivity (Wildman–Crippen MR) is 130 cm³/mol. The van der Waals surface area contributed by atoms with E-state index in [2.05, 4.69) is 101 Å². The van der Waals surface area contributed by atoms with E-state index in [1.807, 2.05) is 0 Å². The third-order valence-corrected chi connectivity index (χ3v) is 7.33. The second kappa shape index (κ2) is 6.49. The highest BCUT2D eigenvalue weighted by atomic mass is 15.0. The minimum Gasteiger partial charge on any atom is -0.381 e. The third-order valence-electron chi connectivity index (χ3n) is 7.33. The Kier molecular flexibility index (Phi) is 3.60. The minimum absolute atomic E-state index is 0.650. The summed E-state index contributed by atoms with van der Waals surface area (Å²) in [5.41, 5.74) is 9.21. The number of hydrogen-bond donors (Lipinski definition) is 1. The quantitative estimate of drug-likeness (QED) is 0.324. The molecule has 2 atom stereocenters. The van der Waals surface area contributed by atoms with E-state index in [4.69, 9.17) is 0 Å². The lowest BCUT2D eigenvalue weighted by atomic mass is 9.93. The SMILES string of the molecule is c1ccc(-n2c3ccccc3c3cc(-c4ccc5c(c4)C4CCCC4N5)ccc32)cc1. The van der Waals surface area contributed by atoms with E-state index >= 15 is 0 Å². The smallest absolute Gasteiger partial charge is 0.0541 e. The molecule has 2 heterocycles. The lowest BCUT2D eigenvalue weighted by Crippen LogP contribution is -2.13. The summed E-state index contributed by atoms with van der Waals surface area (Å²) in [7, 11) is 0. The number of fused-ring (bicyclic) bond motifs is 6. The molecule has 2 aliphatic rings. The summed E-state index contributed by atoms with van der Waals surface area (Å²) >= 11 is 0. The Bertz CT molecular complexity index is 1440. The molecule has 4 aromatic carbocycles. The van der Waals surface area contributed by atoms with Crippen LogP contribution in [-0.2, 0) is 0 Å². The zero-order valence-corrected chi connectivity index (χ0v) is 17.4. The number of hydrogen-bond acceptors (Lipinski definition) is 1. The molecule has 0 saturated heterocycles. The topological polar surface area (TPSA) is 17.0 Å². The first kappa shape index (κ1) is 17.2. The molecule has 1 aromatic heterocycles. The van der Waals surface area contributed by atoms with Crippen LogP contribution in [0.5, 0.6) is 0 Å². The standard InChI is InChI=1S/C29H24N2/c1-2-7-21(8-3-1)31-28-12-5-4-9-23(28)25-18-20(14-16-29(25)31)19-13-15-27-24(17-19)22-10-6-11-26(22)30-27/h1-5,7-9,12-18,22,26,30H,6,10-11H2. The molecular formula is C29H24N2. The van der Waals surface area contributed by atoms with Crippen molar-refractivity contribution >= 4 is 27.5 Å². The van der Waals surface area contributed by atoms with Crippen LogP contribution in [-0.4, -0.2) is 10.6 Å². The van der Waals surface area contributed by atoms with Gasteiger partial charge < -0.3 is 9.88 Å². The number of nitrogens with zero attached hydrogens (tertiary/aromatic N) is 1. The van der Waals surface area contributed by atoms with Gasteiger partial charge in [0, 0.05) is 34.1 Å². The molecule has 0 radical (unpaired) electrons. The Balaban J connectivity index is 1.42. The highest BCUT2D eigenvalue weighted by molar-refractivity contribution is 6.10. The van der Waals surface area contributed by atoms with Gasteiger partial charge in [0.2, 0.25) is 0 Å². The summed E-state index contributed by atoms with van der Waals surface area (Å²) in [5, 5.41) is 6.37. The van der Waals surface area contributed by atoms with Gasteiger partial charge >= 0.3 is 0 Å². The van der Waals surface area contributed by atoms with Crippen LogP contribution in [0.3, 0.4) is 0 Å². The van der Waals surface area contributed by atoms with E-state index < -0.39 is 0 Å². The third kappa shape index (κ3) is 2.51. The molecule has 2 unspecified atom stereocenters. The predicted octanol–water partition coefficient (Wildman–Crippen LogP) is 7.51. The maximum Gasteiger partial charge on any atom is 0.0541 e. The van der Waals surface area contributed by atoms with Crippen LogP contribution in [0.25, 0.3) is 38.6 Å². The molecule has 31 heavy (non-hydrogen) atoms. The molecule has 2 heteroatoms. The highest BCUT2D eigenvalue weighted by Gasteiger charge is 2.35. The van der Waals surface area contributed by atoms with Crippen molar-refractivity contribution in [1.29, 1.82) is 0 Å². The first-order chi connectivity index (χ1) is 15.4. The van der Waals surface area contributed by atoms with Gasteiger partial charge in [0.25, 0.3) is 0 Å². The Hall–Kier alpha value is -3.52. The molecule has 1 aliphatic carbocycles. The van der Waals surface area contributed by atoms with Crippen LogP contribution < -0.4 is 5.32 Å². The first-order valence-corrected chi connectivity index (χ1v) is 11.4. The average molecular weight is 401 g/mol. The van der Waals surface area contributed by atoms with Crippen molar-refractivity contribution in [3.63, 3.8) is 0 Å². The van der Waals surface area contributed by atoms with Gasteiger partial charge in [-0.2, -0.15) is 0 Å². The summed E-state index contributed by atoms with van der Waals surface area (Å²) in [6.45, 7) is 0. The van der Waals surface area contributed by atoms with Crippen LogP contribution in [0.2, 0.25) is 0 Å². The number of benzene rings is 4. The van der Waals surface area contributed by atoms with Crippen LogP contribution >= 0.6 is 0 Å². The fourth-order valence-corrected chi connectivity index (χ4v) is 5.89. The van der Waals surface area contributed by atoms with E-state index in [1.165, 1.54) is 69.1 Å². The van der Waals surface area contributed by atoms with Gasteiger partial charge in [-0.05, 0) is 72.0 Å².